The van der Waals surface area contributed by atoms with E-state index < -0.39 is 0 Å². The summed E-state index contributed by atoms with van der Waals surface area (Å²) in [5.41, 5.74) is 6.90. The van der Waals surface area contributed by atoms with Gasteiger partial charge in [0, 0.05) is 19.2 Å². The predicted molar refractivity (Wildman–Crippen MR) is 73.7 cm³/mol. The molecule has 18 heavy (non-hydrogen) atoms. The van der Waals surface area contributed by atoms with Gasteiger partial charge in [-0.2, -0.15) is 0 Å². The molecule has 0 spiro atoms. The fraction of sp³-hybridized carbons (Fsp3) is 0.571. The van der Waals surface area contributed by atoms with Crippen molar-refractivity contribution in [2.45, 2.75) is 25.8 Å². The fourth-order valence-electron chi connectivity index (χ4n) is 1.71. The number of ether oxygens (including phenoxy) is 1. The lowest BCUT2D eigenvalue weighted by Crippen LogP contribution is -2.29. The third-order valence-electron chi connectivity index (χ3n) is 2.72. The average Bonchev–Trinajstić information content (AvgIpc) is 2.42. The van der Waals surface area contributed by atoms with Gasteiger partial charge in [-0.25, -0.2) is 0 Å². The van der Waals surface area contributed by atoms with Crippen molar-refractivity contribution in [3.05, 3.63) is 29.8 Å². The molecular formula is C14H24N2O2. The number of hydrogen-bond acceptors (Lipinski definition) is 4. The van der Waals surface area contributed by atoms with Gasteiger partial charge in [0.05, 0.1) is 6.61 Å². The molecule has 0 aliphatic rings. The van der Waals surface area contributed by atoms with Crippen LogP contribution in [0.4, 0.5) is 0 Å². The van der Waals surface area contributed by atoms with Crippen LogP contribution in [0, 0.1) is 0 Å². The zero-order valence-electron chi connectivity index (χ0n) is 11.1. The van der Waals surface area contributed by atoms with Crippen LogP contribution in [-0.2, 0) is 0 Å². The van der Waals surface area contributed by atoms with E-state index >= 15 is 0 Å². The third-order valence-corrected chi connectivity index (χ3v) is 2.72. The summed E-state index contributed by atoms with van der Waals surface area (Å²) in [6.45, 7) is 4.35. The number of hydrogen-bond donors (Lipinski definition) is 3. The highest BCUT2D eigenvalue weighted by atomic mass is 16.5. The van der Waals surface area contributed by atoms with Crippen LogP contribution in [0.15, 0.2) is 24.3 Å². The summed E-state index contributed by atoms with van der Waals surface area (Å²) in [4.78, 5) is 0. The maximum atomic E-state index is 8.75. The molecule has 1 rings (SSSR count). The molecule has 4 heteroatoms. The first-order chi connectivity index (χ1) is 8.81. The van der Waals surface area contributed by atoms with Gasteiger partial charge in [-0.15, -0.1) is 0 Å². The van der Waals surface area contributed by atoms with Crippen molar-refractivity contribution in [1.82, 2.24) is 5.32 Å². The number of rotatable bonds is 9. The zero-order valence-corrected chi connectivity index (χ0v) is 11.1. The second kappa shape index (κ2) is 8.91. The van der Waals surface area contributed by atoms with E-state index in [0.29, 0.717) is 6.54 Å². The summed E-state index contributed by atoms with van der Waals surface area (Å²) >= 11 is 0. The van der Waals surface area contributed by atoms with Crippen molar-refractivity contribution in [1.29, 1.82) is 0 Å². The lowest BCUT2D eigenvalue weighted by molar-refractivity contribution is 0.283. The zero-order chi connectivity index (χ0) is 13.2. The predicted octanol–water partition coefficient (Wildman–Crippen LogP) is 1.45. The average molecular weight is 252 g/mol. The highest BCUT2D eigenvalue weighted by Gasteiger charge is 2.08. The van der Waals surface area contributed by atoms with Crippen molar-refractivity contribution in [2.75, 3.05) is 26.3 Å². The topological polar surface area (TPSA) is 67.5 Å². The first-order valence-corrected chi connectivity index (χ1v) is 6.58. The molecule has 1 aromatic carbocycles. The first-order valence-electron chi connectivity index (χ1n) is 6.58. The number of nitrogens with two attached hydrogens (primary N) is 1. The Morgan fingerprint density at radius 1 is 1.33 bits per heavy atom. The van der Waals surface area contributed by atoms with Crippen molar-refractivity contribution in [3.8, 4) is 5.75 Å². The minimum atomic E-state index is 0.136. The van der Waals surface area contributed by atoms with E-state index in [2.05, 4.69) is 12.2 Å². The van der Waals surface area contributed by atoms with Crippen molar-refractivity contribution in [2.24, 2.45) is 5.73 Å². The smallest absolute Gasteiger partial charge is 0.119 e. The minimum Gasteiger partial charge on any atom is -0.494 e. The fourth-order valence-corrected chi connectivity index (χ4v) is 1.71. The number of benzene rings is 1. The second-order valence-electron chi connectivity index (χ2n) is 4.24. The van der Waals surface area contributed by atoms with Crippen LogP contribution in [0.3, 0.4) is 0 Å². The molecule has 1 unspecified atom stereocenters. The maximum Gasteiger partial charge on any atom is 0.119 e. The molecule has 102 valence electrons. The van der Waals surface area contributed by atoms with Crippen LogP contribution in [0.2, 0.25) is 0 Å². The Bertz CT molecular complexity index is 314. The van der Waals surface area contributed by atoms with Gasteiger partial charge in [0.25, 0.3) is 0 Å². The van der Waals surface area contributed by atoms with Gasteiger partial charge in [0.2, 0.25) is 0 Å². The molecule has 1 atom stereocenters. The molecule has 0 aliphatic heterocycles. The molecule has 0 bridgehead atoms. The van der Waals surface area contributed by atoms with E-state index in [-0.39, 0.29) is 12.6 Å². The summed E-state index contributed by atoms with van der Waals surface area (Å²) in [5, 5.41) is 12.1. The molecule has 4 nitrogen and oxygen atoms in total. The van der Waals surface area contributed by atoms with Gasteiger partial charge in [-0.3, -0.25) is 0 Å². The van der Waals surface area contributed by atoms with E-state index in [4.69, 9.17) is 15.6 Å². The van der Waals surface area contributed by atoms with Crippen LogP contribution < -0.4 is 15.8 Å². The Morgan fingerprint density at radius 2 is 2.06 bits per heavy atom. The lowest BCUT2D eigenvalue weighted by Gasteiger charge is -2.17. The molecule has 0 aromatic heterocycles. The summed E-state index contributed by atoms with van der Waals surface area (Å²) < 4.78 is 5.54. The van der Waals surface area contributed by atoms with E-state index in [1.807, 2.05) is 24.3 Å². The van der Waals surface area contributed by atoms with Crippen LogP contribution in [0.25, 0.3) is 0 Å². The molecule has 0 saturated carbocycles. The van der Waals surface area contributed by atoms with Crippen LogP contribution in [-0.4, -0.2) is 31.4 Å². The Morgan fingerprint density at radius 3 is 2.61 bits per heavy atom. The summed E-state index contributed by atoms with van der Waals surface area (Å²) in [7, 11) is 0. The molecule has 0 aliphatic carbocycles. The second-order valence-corrected chi connectivity index (χ2v) is 4.24. The third kappa shape index (κ3) is 5.04. The molecule has 1 aromatic rings. The van der Waals surface area contributed by atoms with Crippen LogP contribution >= 0.6 is 0 Å². The molecular weight excluding hydrogens is 228 g/mol. The molecule has 0 saturated heterocycles. The summed E-state index contributed by atoms with van der Waals surface area (Å²) in [6.07, 6.45) is 1.75. The van der Waals surface area contributed by atoms with E-state index in [1.54, 1.807) is 0 Å². The number of aliphatic hydroxyl groups excluding tert-OH is 1. The lowest BCUT2D eigenvalue weighted by atomic mass is 10.1. The SMILES string of the molecule is CCCOc1ccc(C(CN)NCCCO)cc1. The standard InChI is InChI=1S/C14H24N2O2/c1-2-10-18-13-6-4-12(5-7-13)14(11-15)16-8-3-9-17/h4-7,14,16-17H,2-3,8-11,15H2,1H3. The normalized spacial score (nSPS) is 12.4. The van der Waals surface area contributed by atoms with E-state index in [9.17, 15) is 0 Å². The molecule has 0 radical (unpaired) electrons. The van der Waals surface area contributed by atoms with Crippen LogP contribution in [0.1, 0.15) is 31.4 Å². The van der Waals surface area contributed by atoms with Crippen molar-refractivity contribution < 1.29 is 9.84 Å². The van der Waals surface area contributed by atoms with Gasteiger partial charge < -0.3 is 20.9 Å². The number of nitrogens with one attached hydrogen (secondary N) is 1. The summed E-state index contributed by atoms with van der Waals surface area (Å²) in [5.74, 6) is 0.895. The summed E-state index contributed by atoms with van der Waals surface area (Å²) in [6, 6.07) is 8.16. The first kappa shape index (κ1) is 15.0. The van der Waals surface area contributed by atoms with Gasteiger partial charge in [0.15, 0.2) is 0 Å². The molecule has 0 heterocycles. The van der Waals surface area contributed by atoms with E-state index in [0.717, 1.165) is 37.3 Å². The van der Waals surface area contributed by atoms with E-state index in [1.165, 1.54) is 0 Å². The molecule has 4 N–H and O–H groups in total. The van der Waals surface area contributed by atoms with Crippen molar-refractivity contribution in [3.63, 3.8) is 0 Å². The van der Waals surface area contributed by atoms with Crippen molar-refractivity contribution >= 4 is 0 Å². The quantitative estimate of drug-likeness (QED) is 0.582. The number of aliphatic hydroxyl groups is 1. The molecule has 0 amide bonds. The van der Waals surface area contributed by atoms with Gasteiger partial charge in [-0.05, 0) is 37.1 Å². The Labute approximate surface area is 109 Å². The monoisotopic (exact) mass is 252 g/mol. The largest absolute Gasteiger partial charge is 0.494 e. The molecule has 0 fully saturated rings. The van der Waals surface area contributed by atoms with Gasteiger partial charge >= 0.3 is 0 Å². The van der Waals surface area contributed by atoms with Gasteiger partial charge in [0.1, 0.15) is 5.75 Å². The Balaban J connectivity index is 2.52. The highest BCUT2D eigenvalue weighted by Crippen LogP contribution is 2.17. The minimum absolute atomic E-state index is 0.136. The Hall–Kier alpha value is -1.10. The highest BCUT2D eigenvalue weighted by molar-refractivity contribution is 5.29. The van der Waals surface area contributed by atoms with Gasteiger partial charge in [-0.1, -0.05) is 19.1 Å². The van der Waals surface area contributed by atoms with Crippen LogP contribution in [0.5, 0.6) is 5.75 Å². The maximum absolute atomic E-state index is 8.75. The Kier molecular flexibility index (Phi) is 7.41.